The highest BCUT2D eigenvalue weighted by atomic mass is 16.2. The second kappa shape index (κ2) is 6.55. The monoisotopic (exact) mass is 252 g/mol. The maximum atomic E-state index is 12.0. The first-order valence-corrected chi connectivity index (χ1v) is 7.75. The Morgan fingerprint density at radius 1 is 1.33 bits per heavy atom. The van der Waals surface area contributed by atoms with Gasteiger partial charge < -0.3 is 10.2 Å². The molecule has 1 heterocycles. The van der Waals surface area contributed by atoms with Gasteiger partial charge in [0.15, 0.2) is 0 Å². The van der Waals surface area contributed by atoms with Gasteiger partial charge >= 0.3 is 0 Å². The van der Waals surface area contributed by atoms with Gasteiger partial charge in [0.05, 0.1) is 0 Å². The number of carbonyl (C=O) groups is 1. The fourth-order valence-electron chi connectivity index (χ4n) is 3.54. The molecule has 2 fully saturated rings. The van der Waals surface area contributed by atoms with Crippen molar-refractivity contribution in [2.24, 2.45) is 11.8 Å². The van der Waals surface area contributed by atoms with Gasteiger partial charge in [0.2, 0.25) is 5.91 Å². The largest absolute Gasteiger partial charge is 0.341 e. The van der Waals surface area contributed by atoms with Gasteiger partial charge in [0.1, 0.15) is 0 Å². The molecule has 1 aliphatic carbocycles. The maximum absolute atomic E-state index is 12.0. The molecule has 104 valence electrons. The number of likely N-dealkylation sites (tertiary alicyclic amines) is 1. The van der Waals surface area contributed by atoms with Gasteiger partial charge in [-0.05, 0) is 31.2 Å². The summed E-state index contributed by atoms with van der Waals surface area (Å²) in [5, 5.41) is 3.61. The summed E-state index contributed by atoms with van der Waals surface area (Å²) >= 11 is 0. The fourth-order valence-corrected chi connectivity index (χ4v) is 3.54. The molecule has 3 heteroatoms. The molecule has 0 spiro atoms. The molecule has 0 aromatic carbocycles. The number of hydrogen-bond acceptors (Lipinski definition) is 2. The molecule has 18 heavy (non-hydrogen) atoms. The number of hydrogen-bond donors (Lipinski definition) is 1. The van der Waals surface area contributed by atoms with Crippen LogP contribution in [0, 0.1) is 11.8 Å². The third kappa shape index (κ3) is 3.25. The van der Waals surface area contributed by atoms with Crippen LogP contribution < -0.4 is 5.32 Å². The molecule has 1 saturated carbocycles. The Labute approximate surface area is 111 Å². The highest BCUT2D eigenvalue weighted by molar-refractivity contribution is 5.78. The second-order valence-electron chi connectivity index (χ2n) is 5.99. The van der Waals surface area contributed by atoms with Crippen LogP contribution in [0.3, 0.4) is 0 Å². The minimum absolute atomic E-state index is 0.378. The van der Waals surface area contributed by atoms with E-state index in [1.54, 1.807) is 0 Å². The van der Waals surface area contributed by atoms with Crippen molar-refractivity contribution in [3.8, 4) is 0 Å². The number of carbonyl (C=O) groups excluding carboxylic acids is 1. The smallest absolute Gasteiger partial charge is 0.222 e. The van der Waals surface area contributed by atoms with E-state index in [1.165, 1.54) is 25.7 Å². The second-order valence-corrected chi connectivity index (χ2v) is 5.99. The summed E-state index contributed by atoms with van der Waals surface area (Å²) in [4.78, 5) is 14.1. The first-order chi connectivity index (χ1) is 8.74. The summed E-state index contributed by atoms with van der Waals surface area (Å²) < 4.78 is 0. The molecule has 1 saturated heterocycles. The van der Waals surface area contributed by atoms with Crippen molar-refractivity contribution in [3.05, 3.63) is 0 Å². The average molecular weight is 252 g/mol. The quantitative estimate of drug-likeness (QED) is 0.787. The minimum atomic E-state index is 0.378. The fraction of sp³-hybridized carbons (Fsp3) is 0.933. The van der Waals surface area contributed by atoms with E-state index >= 15 is 0 Å². The molecule has 0 radical (unpaired) electrons. The molecule has 2 unspecified atom stereocenters. The number of likely N-dealkylation sites (N-methyl/N-ethyl adjacent to an activating group) is 1. The van der Waals surface area contributed by atoms with Gasteiger partial charge in [0, 0.05) is 25.6 Å². The SMILES string of the molecule is CCNC(CN1CC(CC)CC1=O)C1CCCC1. The standard InChI is InChI=1S/C15H28N2O/c1-3-12-9-15(18)17(10-12)11-14(16-4-2)13-7-5-6-8-13/h12-14,16H,3-11H2,1-2H3. The van der Waals surface area contributed by atoms with E-state index in [4.69, 9.17) is 0 Å². The topological polar surface area (TPSA) is 32.3 Å². The van der Waals surface area contributed by atoms with E-state index in [2.05, 4.69) is 24.1 Å². The van der Waals surface area contributed by atoms with Crippen molar-refractivity contribution in [2.45, 2.75) is 58.4 Å². The minimum Gasteiger partial charge on any atom is -0.341 e. The van der Waals surface area contributed by atoms with Crippen LogP contribution in [0.5, 0.6) is 0 Å². The van der Waals surface area contributed by atoms with Crippen LogP contribution in [0.25, 0.3) is 0 Å². The molecular formula is C15H28N2O. The zero-order chi connectivity index (χ0) is 13.0. The van der Waals surface area contributed by atoms with E-state index in [9.17, 15) is 4.79 Å². The highest BCUT2D eigenvalue weighted by Crippen LogP contribution is 2.29. The van der Waals surface area contributed by atoms with Gasteiger partial charge in [-0.3, -0.25) is 4.79 Å². The van der Waals surface area contributed by atoms with Crippen LogP contribution in [0.2, 0.25) is 0 Å². The molecule has 2 atom stereocenters. The lowest BCUT2D eigenvalue weighted by atomic mass is 9.97. The van der Waals surface area contributed by atoms with Crippen molar-refractivity contribution in [1.29, 1.82) is 0 Å². The first-order valence-electron chi connectivity index (χ1n) is 7.75. The summed E-state index contributed by atoms with van der Waals surface area (Å²) in [5.41, 5.74) is 0. The summed E-state index contributed by atoms with van der Waals surface area (Å²) in [7, 11) is 0. The van der Waals surface area contributed by atoms with E-state index in [1.807, 2.05) is 0 Å². The van der Waals surface area contributed by atoms with Crippen molar-refractivity contribution in [2.75, 3.05) is 19.6 Å². The Morgan fingerprint density at radius 2 is 2.06 bits per heavy atom. The molecule has 1 aliphatic heterocycles. The zero-order valence-electron chi connectivity index (χ0n) is 12.0. The number of nitrogens with zero attached hydrogens (tertiary/aromatic N) is 1. The van der Waals surface area contributed by atoms with Gasteiger partial charge in [-0.1, -0.05) is 33.1 Å². The number of amides is 1. The molecule has 3 nitrogen and oxygen atoms in total. The lowest BCUT2D eigenvalue weighted by Gasteiger charge is -2.29. The van der Waals surface area contributed by atoms with Crippen molar-refractivity contribution < 1.29 is 4.79 Å². The molecular weight excluding hydrogens is 224 g/mol. The summed E-state index contributed by atoms with van der Waals surface area (Å²) in [6.45, 7) is 7.31. The Hall–Kier alpha value is -0.570. The predicted molar refractivity (Wildman–Crippen MR) is 74.4 cm³/mol. The third-order valence-electron chi connectivity index (χ3n) is 4.72. The van der Waals surface area contributed by atoms with Crippen LogP contribution in [0.1, 0.15) is 52.4 Å². The predicted octanol–water partition coefficient (Wildman–Crippen LogP) is 2.41. The molecule has 2 aliphatic rings. The van der Waals surface area contributed by atoms with E-state index in [0.717, 1.165) is 38.4 Å². The zero-order valence-corrected chi connectivity index (χ0v) is 12.0. The normalized spacial score (nSPS) is 27.1. The molecule has 1 amide bonds. The molecule has 2 rings (SSSR count). The lowest BCUT2D eigenvalue weighted by molar-refractivity contribution is -0.128. The van der Waals surface area contributed by atoms with Gasteiger partial charge in [-0.2, -0.15) is 0 Å². The Balaban J connectivity index is 1.89. The van der Waals surface area contributed by atoms with Crippen LogP contribution in [0.15, 0.2) is 0 Å². The Morgan fingerprint density at radius 3 is 2.61 bits per heavy atom. The molecule has 0 aromatic heterocycles. The average Bonchev–Trinajstić information content (AvgIpc) is 2.99. The maximum Gasteiger partial charge on any atom is 0.222 e. The number of rotatable bonds is 6. The van der Waals surface area contributed by atoms with E-state index in [0.29, 0.717) is 17.9 Å². The van der Waals surface area contributed by atoms with E-state index in [-0.39, 0.29) is 0 Å². The molecule has 0 bridgehead atoms. The van der Waals surface area contributed by atoms with Crippen molar-refractivity contribution in [1.82, 2.24) is 10.2 Å². The van der Waals surface area contributed by atoms with Crippen LogP contribution in [0.4, 0.5) is 0 Å². The van der Waals surface area contributed by atoms with Crippen LogP contribution >= 0.6 is 0 Å². The van der Waals surface area contributed by atoms with Gasteiger partial charge in [-0.15, -0.1) is 0 Å². The highest BCUT2D eigenvalue weighted by Gasteiger charge is 2.32. The van der Waals surface area contributed by atoms with Gasteiger partial charge in [-0.25, -0.2) is 0 Å². The van der Waals surface area contributed by atoms with E-state index < -0.39 is 0 Å². The van der Waals surface area contributed by atoms with Crippen molar-refractivity contribution in [3.63, 3.8) is 0 Å². The molecule has 1 N–H and O–H groups in total. The van der Waals surface area contributed by atoms with Crippen LogP contribution in [-0.4, -0.2) is 36.5 Å². The number of nitrogens with one attached hydrogen (secondary N) is 1. The summed E-state index contributed by atoms with van der Waals surface area (Å²) in [5.74, 6) is 1.77. The van der Waals surface area contributed by atoms with Crippen LogP contribution in [-0.2, 0) is 4.79 Å². The van der Waals surface area contributed by atoms with Crippen molar-refractivity contribution >= 4 is 5.91 Å². The summed E-state index contributed by atoms with van der Waals surface area (Å²) in [6, 6.07) is 0.525. The van der Waals surface area contributed by atoms with Gasteiger partial charge in [0.25, 0.3) is 0 Å². The lowest BCUT2D eigenvalue weighted by Crippen LogP contribution is -2.45. The Kier molecular flexibility index (Phi) is 5.04. The first kappa shape index (κ1) is 13.9. The summed E-state index contributed by atoms with van der Waals surface area (Å²) in [6.07, 6.45) is 7.35. The third-order valence-corrected chi connectivity index (χ3v) is 4.72. The molecule has 0 aromatic rings. The Bertz CT molecular complexity index is 274.